The van der Waals surface area contributed by atoms with Crippen LogP contribution in [0.3, 0.4) is 0 Å². The van der Waals surface area contributed by atoms with Gasteiger partial charge in [-0.2, -0.15) is 18.3 Å². The molecule has 0 bridgehead atoms. The van der Waals surface area contributed by atoms with E-state index in [2.05, 4.69) is 10.5 Å². The van der Waals surface area contributed by atoms with Crippen molar-refractivity contribution in [3.05, 3.63) is 63.6 Å². The van der Waals surface area contributed by atoms with Crippen LogP contribution in [0.25, 0.3) is 0 Å². The summed E-state index contributed by atoms with van der Waals surface area (Å²) in [5.74, 6) is 0. The van der Waals surface area contributed by atoms with E-state index >= 15 is 0 Å². The van der Waals surface area contributed by atoms with Crippen LogP contribution in [0.5, 0.6) is 0 Å². The Balaban J connectivity index is 2.18. The summed E-state index contributed by atoms with van der Waals surface area (Å²) in [6.45, 7) is 0. The number of hydrogen-bond donors (Lipinski definition) is 1. The van der Waals surface area contributed by atoms with Gasteiger partial charge in [-0.15, -0.1) is 0 Å². The highest BCUT2D eigenvalue weighted by Crippen LogP contribution is 2.34. The lowest BCUT2D eigenvalue weighted by Crippen LogP contribution is -2.08. The third-order valence-corrected chi connectivity index (χ3v) is 3.15. The van der Waals surface area contributed by atoms with Crippen LogP contribution in [0.1, 0.15) is 11.1 Å². The first-order valence-electron chi connectivity index (χ1n) is 5.78. The maximum absolute atomic E-state index is 12.8. The van der Waals surface area contributed by atoms with E-state index in [1.54, 1.807) is 12.1 Å². The average Bonchev–Trinajstić information content (AvgIpc) is 2.41. The summed E-state index contributed by atoms with van der Waals surface area (Å²) in [4.78, 5) is 0. The molecule has 21 heavy (non-hydrogen) atoms. The molecule has 0 heterocycles. The first-order chi connectivity index (χ1) is 9.88. The number of rotatable bonds is 3. The summed E-state index contributed by atoms with van der Waals surface area (Å²) in [5.41, 5.74) is 1.99. The van der Waals surface area contributed by atoms with Crippen molar-refractivity contribution in [2.24, 2.45) is 5.10 Å². The molecule has 2 aromatic carbocycles. The number of hydrazone groups is 1. The van der Waals surface area contributed by atoms with Gasteiger partial charge in [0.1, 0.15) is 0 Å². The Morgan fingerprint density at radius 2 is 1.76 bits per heavy atom. The molecule has 0 radical (unpaired) electrons. The number of benzene rings is 2. The maximum Gasteiger partial charge on any atom is 0.418 e. The zero-order valence-corrected chi connectivity index (χ0v) is 12.0. The normalized spacial score (nSPS) is 11.9. The van der Waals surface area contributed by atoms with Crippen molar-refractivity contribution in [3.63, 3.8) is 0 Å². The fraction of sp³-hybridized carbons (Fsp3) is 0.0714. The van der Waals surface area contributed by atoms with E-state index in [1.165, 1.54) is 30.5 Å². The van der Waals surface area contributed by atoms with Crippen molar-refractivity contribution in [1.82, 2.24) is 0 Å². The molecule has 2 nitrogen and oxygen atoms in total. The molecule has 0 atom stereocenters. The van der Waals surface area contributed by atoms with E-state index in [4.69, 9.17) is 23.2 Å². The molecule has 0 saturated heterocycles. The molecule has 0 aromatic heterocycles. The van der Waals surface area contributed by atoms with Crippen LogP contribution >= 0.6 is 23.2 Å². The van der Waals surface area contributed by atoms with Crippen LogP contribution in [0.2, 0.25) is 10.0 Å². The Morgan fingerprint density at radius 3 is 2.43 bits per heavy atom. The van der Waals surface area contributed by atoms with E-state index in [0.29, 0.717) is 15.6 Å². The van der Waals surface area contributed by atoms with E-state index in [-0.39, 0.29) is 5.69 Å². The van der Waals surface area contributed by atoms with Gasteiger partial charge in [-0.05, 0) is 24.3 Å². The highest BCUT2D eigenvalue weighted by molar-refractivity contribution is 6.36. The van der Waals surface area contributed by atoms with Gasteiger partial charge in [0.15, 0.2) is 0 Å². The summed E-state index contributed by atoms with van der Waals surface area (Å²) < 4.78 is 38.3. The molecule has 0 aliphatic heterocycles. The van der Waals surface area contributed by atoms with Gasteiger partial charge in [0, 0.05) is 10.6 Å². The molecule has 0 unspecified atom stereocenters. The van der Waals surface area contributed by atoms with E-state index < -0.39 is 11.7 Å². The topological polar surface area (TPSA) is 24.4 Å². The number of para-hydroxylation sites is 1. The van der Waals surface area contributed by atoms with E-state index in [1.807, 2.05) is 0 Å². The predicted molar refractivity (Wildman–Crippen MR) is 79.1 cm³/mol. The van der Waals surface area contributed by atoms with Crippen LogP contribution in [0, 0.1) is 0 Å². The zero-order valence-electron chi connectivity index (χ0n) is 10.5. The molecular weight excluding hydrogens is 324 g/mol. The minimum Gasteiger partial charge on any atom is -0.278 e. The molecule has 110 valence electrons. The Hall–Kier alpha value is -1.72. The van der Waals surface area contributed by atoms with Gasteiger partial charge in [0.05, 0.1) is 22.5 Å². The van der Waals surface area contributed by atoms with Crippen molar-refractivity contribution >= 4 is 35.1 Å². The third kappa shape index (κ3) is 4.12. The van der Waals surface area contributed by atoms with Crippen molar-refractivity contribution in [2.45, 2.75) is 6.18 Å². The van der Waals surface area contributed by atoms with Gasteiger partial charge < -0.3 is 0 Å². The lowest BCUT2D eigenvalue weighted by Gasteiger charge is -2.11. The quantitative estimate of drug-likeness (QED) is 0.585. The molecule has 2 rings (SSSR count). The monoisotopic (exact) mass is 332 g/mol. The van der Waals surface area contributed by atoms with Crippen molar-refractivity contribution < 1.29 is 13.2 Å². The molecule has 2 aromatic rings. The minimum atomic E-state index is -4.45. The summed E-state index contributed by atoms with van der Waals surface area (Å²) in [7, 11) is 0. The Kier molecular flexibility index (Phi) is 4.75. The van der Waals surface area contributed by atoms with Crippen molar-refractivity contribution in [3.8, 4) is 0 Å². The number of hydrogen-bond acceptors (Lipinski definition) is 2. The molecule has 0 amide bonds. The van der Waals surface area contributed by atoms with Crippen molar-refractivity contribution in [2.75, 3.05) is 5.43 Å². The smallest absolute Gasteiger partial charge is 0.278 e. The molecule has 1 N–H and O–H groups in total. The van der Waals surface area contributed by atoms with Crippen LogP contribution in [-0.4, -0.2) is 6.21 Å². The standard InChI is InChI=1S/C14H9Cl2F3N2/c15-10-6-5-9(12(16)7-10)8-20-21-13-4-2-1-3-11(13)14(17,18)19/h1-8,21H/b20-8-. The highest BCUT2D eigenvalue weighted by Gasteiger charge is 2.33. The van der Waals surface area contributed by atoms with Gasteiger partial charge in [-0.25, -0.2) is 0 Å². The van der Waals surface area contributed by atoms with Gasteiger partial charge in [-0.3, -0.25) is 5.43 Å². The SMILES string of the molecule is FC(F)(F)c1ccccc1N/N=C\c1ccc(Cl)cc1Cl. The lowest BCUT2D eigenvalue weighted by molar-refractivity contribution is -0.136. The number of halogens is 5. The summed E-state index contributed by atoms with van der Waals surface area (Å²) >= 11 is 11.7. The first-order valence-corrected chi connectivity index (χ1v) is 6.54. The van der Waals surface area contributed by atoms with E-state index in [9.17, 15) is 13.2 Å². The predicted octanol–water partition coefficient (Wildman–Crippen LogP) is 5.46. The zero-order chi connectivity index (χ0) is 15.5. The third-order valence-electron chi connectivity index (χ3n) is 2.58. The highest BCUT2D eigenvalue weighted by atomic mass is 35.5. The molecule has 0 spiro atoms. The molecule has 7 heteroatoms. The molecule has 0 aliphatic rings. The summed E-state index contributed by atoms with van der Waals surface area (Å²) in [6, 6.07) is 9.82. The van der Waals surface area contributed by atoms with Gasteiger partial charge in [0.25, 0.3) is 0 Å². The molecule has 0 aliphatic carbocycles. The number of anilines is 1. The number of nitrogens with one attached hydrogen (secondary N) is 1. The molecular formula is C14H9Cl2F3N2. The van der Waals surface area contributed by atoms with Gasteiger partial charge in [-0.1, -0.05) is 41.4 Å². The van der Waals surface area contributed by atoms with E-state index in [0.717, 1.165) is 6.07 Å². The van der Waals surface area contributed by atoms with Crippen LogP contribution in [-0.2, 0) is 6.18 Å². The van der Waals surface area contributed by atoms with Gasteiger partial charge in [0.2, 0.25) is 0 Å². The average molecular weight is 333 g/mol. The summed E-state index contributed by atoms with van der Waals surface area (Å²) in [5, 5.41) is 4.60. The van der Waals surface area contributed by atoms with Gasteiger partial charge >= 0.3 is 6.18 Å². The molecule has 0 saturated carbocycles. The second-order valence-corrected chi connectivity index (χ2v) is 4.92. The summed E-state index contributed by atoms with van der Waals surface area (Å²) in [6.07, 6.45) is -3.12. The second kappa shape index (κ2) is 6.37. The number of alkyl halides is 3. The fourth-order valence-electron chi connectivity index (χ4n) is 1.61. The fourth-order valence-corrected chi connectivity index (χ4v) is 2.06. The second-order valence-electron chi connectivity index (χ2n) is 4.08. The molecule has 0 fully saturated rings. The van der Waals surface area contributed by atoms with Crippen LogP contribution in [0.15, 0.2) is 47.6 Å². The Bertz CT molecular complexity index is 670. The Labute approximate surface area is 129 Å². The van der Waals surface area contributed by atoms with Crippen LogP contribution in [0.4, 0.5) is 18.9 Å². The van der Waals surface area contributed by atoms with Crippen LogP contribution < -0.4 is 5.43 Å². The minimum absolute atomic E-state index is 0.133. The Morgan fingerprint density at radius 1 is 1.05 bits per heavy atom. The van der Waals surface area contributed by atoms with Crippen molar-refractivity contribution in [1.29, 1.82) is 0 Å². The maximum atomic E-state index is 12.8. The largest absolute Gasteiger partial charge is 0.418 e. The lowest BCUT2D eigenvalue weighted by atomic mass is 10.2. The number of nitrogens with zero attached hydrogens (tertiary/aromatic N) is 1. The first kappa shape index (κ1) is 15.7.